The number of hydrogen-bond acceptors (Lipinski definition) is 1. The van der Waals surface area contributed by atoms with Crippen LogP contribution in [0.4, 0.5) is 0 Å². The van der Waals surface area contributed by atoms with Crippen LogP contribution in [0.3, 0.4) is 0 Å². The van der Waals surface area contributed by atoms with Crippen molar-refractivity contribution in [2.24, 2.45) is 11.8 Å². The Morgan fingerprint density at radius 1 is 1.50 bits per heavy atom. The zero-order chi connectivity index (χ0) is 10.6. The van der Waals surface area contributed by atoms with Crippen molar-refractivity contribution in [2.75, 3.05) is 0 Å². The topological polar surface area (TPSA) is 20.2 Å². The second-order valence-corrected chi connectivity index (χ2v) is 4.39. The molecule has 0 aliphatic heterocycles. The summed E-state index contributed by atoms with van der Waals surface area (Å²) < 4.78 is 0. The van der Waals surface area contributed by atoms with Crippen LogP contribution in [0, 0.1) is 11.8 Å². The fourth-order valence-electron chi connectivity index (χ4n) is 2.76. The molecule has 0 bridgehead atoms. The van der Waals surface area contributed by atoms with Crippen molar-refractivity contribution in [1.82, 2.24) is 0 Å². The molecule has 0 saturated heterocycles. The van der Waals surface area contributed by atoms with Crippen molar-refractivity contribution in [3.63, 3.8) is 0 Å². The first-order valence-electron chi connectivity index (χ1n) is 5.64. The Morgan fingerprint density at radius 3 is 2.71 bits per heavy atom. The molecule has 0 aromatic carbocycles. The summed E-state index contributed by atoms with van der Waals surface area (Å²) in [6.07, 6.45) is 8.94. The Kier molecular flexibility index (Phi) is 3.94. The van der Waals surface area contributed by atoms with Gasteiger partial charge < -0.3 is 5.11 Å². The molecule has 0 unspecified atom stereocenters. The summed E-state index contributed by atoms with van der Waals surface area (Å²) >= 11 is 0. The van der Waals surface area contributed by atoms with Crippen LogP contribution in [0.25, 0.3) is 0 Å². The molecule has 1 saturated carbocycles. The van der Waals surface area contributed by atoms with Gasteiger partial charge in [-0.2, -0.15) is 0 Å². The minimum absolute atomic E-state index is 0.330. The van der Waals surface area contributed by atoms with Crippen molar-refractivity contribution in [3.8, 4) is 0 Å². The highest BCUT2D eigenvalue weighted by molar-refractivity contribution is 5.06. The van der Waals surface area contributed by atoms with E-state index in [0.717, 1.165) is 25.7 Å². The lowest BCUT2D eigenvalue weighted by atomic mass is 9.67. The minimum atomic E-state index is -0.646. The largest absolute Gasteiger partial charge is 0.385 e. The van der Waals surface area contributed by atoms with Gasteiger partial charge in [-0.3, -0.25) is 0 Å². The standard InChI is InChI=1S/C13H22O/c1-4-8-12-11(5-2)9-7-10-13(12,14)6-3/h4,6,11-12,14H,1,3,5,7-10H2,2H3/t11-,12+,13-/m0/s1. The monoisotopic (exact) mass is 194 g/mol. The summed E-state index contributed by atoms with van der Waals surface area (Å²) in [5.74, 6) is 0.959. The molecule has 1 nitrogen and oxygen atoms in total. The van der Waals surface area contributed by atoms with Crippen molar-refractivity contribution >= 4 is 0 Å². The molecule has 0 amide bonds. The number of allylic oxidation sites excluding steroid dienone is 1. The summed E-state index contributed by atoms with van der Waals surface area (Å²) in [5, 5.41) is 10.4. The molecule has 3 atom stereocenters. The lowest BCUT2D eigenvalue weighted by molar-refractivity contribution is -0.0339. The summed E-state index contributed by atoms with van der Waals surface area (Å²) in [6.45, 7) is 9.75. The van der Waals surface area contributed by atoms with Crippen LogP contribution >= 0.6 is 0 Å². The SMILES string of the molecule is C=CC[C@@H]1[C@@H](CC)CCC[C@@]1(O)C=C. The number of rotatable bonds is 4. The average molecular weight is 194 g/mol. The third-order valence-electron chi connectivity index (χ3n) is 3.66. The summed E-state index contributed by atoms with van der Waals surface area (Å²) in [6, 6.07) is 0. The Morgan fingerprint density at radius 2 is 2.21 bits per heavy atom. The van der Waals surface area contributed by atoms with E-state index in [-0.39, 0.29) is 0 Å². The van der Waals surface area contributed by atoms with E-state index in [9.17, 15) is 5.11 Å². The fraction of sp³-hybridized carbons (Fsp3) is 0.692. The van der Waals surface area contributed by atoms with Gasteiger partial charge in [0.1, 0.15) is 0 Å². The van der Waals surface area contributed by atoms with E-state index in [1.807, 2.05) is 6.08 Å². The third kappa shape index (κ3) is 2.09. The van der Waals surface area contributed by atoms with Crippen LogP contribution in [0.1, 0.15) is 39.0 Å². The van der Waals surface area contributed by atoms with Gasteiger partial charge >= 0.3 is 0 Å². The first-order chi connectivity index (χ1) is 6.68. The van der Waals surface area contributed by atoms with Crippen molar-refractivity contribution in [1.29, 1.82) is 0 Å². The predicted molar refractivity (Wildman–Crippen MR) is 61.1 cm³/mol. The molecule has 1 aliphatic carbocycles. The van der Waals surface area contributed by atoms with Gasteiger partial charge in [0.05, 0.1) is 5.60 Å². The minimum Gasteiger partial charge on any atom is -0.385 e. The Labute approximate surface area is 87.5 Å². The van der Waals surface area contributed by atoms with Crippen LogP contribution in [0.5, 0.6) is 0 Å². The molecule has 1 N–H and O–H groups in total. The summed E-state index contributed by atoms with van der Waals surface area (Å²) in [7, 11) is 0. The van der Waals surface area contributed by atoms with Crippen LogP contribution in [-0.2, 0) is 0 Å². The lowest BCUT2D eigenvalue weighted by Gasteiger charge is -2.42. The van der Waals surface area contributed by atoms with Gasteiger partial charge in [-0.25, -0.2) is 0 Å². The normalized spacial score (nSPS) is 37.9. The van der Waals surface area contributed by atoms with Crippen molar-refractivity contribution in [2.45, 2.75) is 44.6 Å². The predicted octanol–water partition coefficient (Wildman–Crippen LogP) is 3.31. The Balaban J connectivity index is 2.82. The quantitative estimate of drug-likeness (QED) is 0.681. The average Bonchev–Trinajstić information content (AvgIpc) is 2.21. The highest BCUT2D eigenvalue weighted by Crippen LogP contribution is 2.42. The molecular weight excluding hydrogens is 172 g/mol. The maximum absolute atomic E-state index is 10.4. The van der Waals surface area contributed by atoms with Crippen LogP contribution < -0.4 is 0 Å². The maximum Gasteiger partial charge on any atom is 0.0858 e. The molecule has 0 radical (unpaired) electrons. The van der Waals surface area contributed by atoms with E-state index < -0.39 is 5.60 Å². The highest BCUT2D eigenvalue weighted by Gasteiger charge is 2.40. The lowest BCUT2D eigenvalue weighted by Crippen LogP contribution is -2.43. The smallest absolute Gasteiger partial charge is 0.0858 e. The zero-order valence-electron chi connectivity index (χ0n) is 9.21. The second kappa shape index (κ2) is 4.79. The van der Waals surface area contributed by atoms with E-state index in [2.05, 4.69) is 20.1 Å². The van der Waals surface area contributed by atoms with E-state index >= 15 is 0 Å². The van der Waals surface area contributed by atoms with E-state index in [0.29, 0.717) is 11.8 Å². The maximum atomic E-state index is 10.4. The molecule has 0 aromatic heterocycles. The van der Waals surface area contributed by atoms with Crippen LogP contribution in [0.15, 0.2) is 25.3 Å². The molecule has 1 rings (SSSR count). The Bertz CT molecular complexity index is 209. The number of aliphatic hydroxyl groups is 1. The molecule has 1 aliphatic rings. The molecule has 0 heterocycles. The summed E-state index contributed by atoms with van der Waals surface area (Å²) in [4.78, 5) is 0. The van der Waals surface area contributed by atoms with E-state index in [1.54, 1.807) is 6.08 Å². The van der Waals surface area contributed by atoms with Gasteiger partial charge in [0, 0.05) is 0 Å². The zero-order valence-corrected chi connectivity index (χ0v) is 9.21. The summed E-state index contributed by atoms with van der Waals surface area (Å²) in [5.41, 5.74) is -0.646. The van der Waals surface area contributed by atoms with Crippen LogP contribution in [-0.4, -0.2) is 10.7 Å². The van der Waals surface area contributed by atoms with E-state index in [4.69, 9.17) is 0 Å². The van der Waals surface area contributed by atoms with Crippen LogP contribution in [0.2, 0.25) is 0 Å². The van der Waals surface area contributed by atoms with Gasteiger partial charge in [0.25, 0.3) is 0 Å². The molecule has 14 heavy (non-hydrogen) atoms. The second-order valence-electron chi connectivity index (χ2n) is 4.39. The highest BCUT2D eigenvalue weighted by atomic mass is 16.3. The van der Waals surface area contributed by atoms with Gasteiger partial charge in [0.15, 0.2) is 0 Å². The van der Waals surface area contributed by atoms with E-state index in [1.165, 1.54) is 6.42 Å². The molecular formula is C13H22O. The molecule has 80 valence electrons. The van der Waals surface area contributed by atoms with Crippen molar-refractivity contribution < 1.29 is 5.11 Å². The fourth-order valence-corrected chi connectivity index (χ4v) is 2.76. The van der Waals surface area contributed by atoms with Gasteiger partial charge in [-0.15, -0.1) is 13.2 Å². The Hall–Kier alpha value is -0.560. The van der Waals surface area contributed by atoms with Crippen molar-refractivity contribution in [3.05, 3.63) is 25.3 Å². The molecule has 0 spiro atoms. The molecule has 1 fully saturated rings. The van der Waals surface area contributed by atoms with Gasteiger partial charge in [-0.1, -0.05) is 25.5 Å². The number of hydrogen-bond donors (Lipinski definition) is 1. The first-order valence-corrected chi connectivity index (χ1v) is 5.64. The third-order valence-corrected chi connectivity index (χ3v) is 3.66. The van der Waals surface area contributed by atoms with Gasteiger partial charge in [0.2, 0.25) is 0 Å². The molecule has 0 aromatic rings. The van der Waals surface area contributed by atoms with Gasteiger partial charge in [-0.05, 0) is 37.5 Å². The first kappa shape index (κ1) is 11.5. The molecule has 1 heteroatoms.